The Balaban J connectivity index is 2.42. The number of aryl methyl sites for hydroxylation is 1. The van der Waals surface area contributed by atoms with E-state index in [2.05, 4.69) is 4.98 Å². The van der Waals surface area contributed by atoms with Crippen LogP contribution in [0, 0.1) is 0 Å². The number of ether oxygens (including phenoxy) is 1. The smallest absolute Gasteiger partial charge is 0.332 e. The molecule has 0 saturated heterocycles. The molecule has 0 aromatic carbocycles. The summed E-state index contributed by atoms with van der Waals surface area (Å²) in [5.74, 6) is -1.52. The molecular formula is C12H15N5O5. The largest absolute Gasteiger partial charge is 0.451 e. The maximum atomic E-state index is 12.2. The van der Waals surface area contributed by atoms with Crippen molar-refractivity contribution in [3.8, 4) is 0 Å². The Labute approximate surface area is 123 Å². The van der Waals surface area contributed by atoms with E-state index in [9.17, 15) is 19.2 Å². The maximum absolute atomic E-state index is 12.2. The first-order chi connectivity index (χ1) is 10.2. The molecule has 0 radical (unpaired) electrons. The highest BCUT2D eigenvalue weighted by Gasteiger charge is 2.19. The number of nitrogens with two attached hydrogens (primary N) is 1. The molecule has 0 aliphatic heterocycles. The molecule has 0 spiro atoms. The molecule has 0 fully saturated rings. The first-order valence-electron chi connectivity index (χ1n) is 6.33. The van der Waals surface area contributed by atoms with Gasteiger partial charge in [0.05, 0.1) is 6.33 Å². The fourth-order valence-corrected chi connectivity index (χ4v) is 1.95. The highest BCUT2D eigenvalue weighted by Crippen LogP contribution is 2.06. The molecule has 0 aliphatic rings. The third kappa shape index (κ3) is 2.50. The molecule has 10 nitrogen and oxygen atoms in total. The van der Waals surface area contributed by atoms with E-state index >= 15 is 0 Å². The van der Waals surface area contributed by atoms with E-state index in [4.69, 9.17) is 10.5 Å². The number of rotatable bonds is 4. The lowest BCUT2D eigenvalue weighted by atomic mass is 10.4. The Morgan fingerprint density at radius 1 is 1.32 bits per heavy atom. The van der Waals surface area contributed by atoms with Crippen LogP contribution in [0.1, 0.15) is 6.92 Å². The van der Waals surface area contributed by atoms with E-state index < -0.39 is 29.2 Å². The van der Waals surface area contributed by atoms with Crippen LogP contribution in [0.4, 0.5) is 0 Å². The van der Waals surface area contributed by atoms with Gasteiger partial charge in [-0.25, -0.2) is 9.78 Å². The lowest BCUT2D eigenvalue weighted by Crippen LogP contribution is -2.38. The van der Waals surface area contributed by atoms with Crippen LogP contribution < -0.4 is 17.0 Å². The Hall–Kier alpha value is -2.91. The number of fused-ring (bicyclic) bond motifs is 1. The third-order valence-corrected chi connectivity index (χ3v) is 3.23. The molecule has 0 saturated carbocycles. The van der Waals surface area contributed by atoms with Crippen molar-refractivity contribution in [1.29, 1.82) is 0 Å². The number of carbonyl (C=O) groups is 2. The minimum absolute atomic E-state index is 0.0910. The van der Waals surface area contributed by atoms with Crippen molar-refractivity contribution >= 4 is 23.0 Å². The van der Waals surface area contributed by atoms with Crippen molar-refractivity contribution < 1.29 is 14.3 Å². The molecule has 10 heteroatoms. The van der Waals surface area contributed by atoms with E-state index in [1.165, 1.54) is 36.5 Å². The average Bonchev–Trinajstić information content (AvgIpc) is 2.86. The molecule has 2 N–H and O–H groups in total. The Morgan fingerprint density at radius 3 is 2.55 bits per heavy atom. The Bertz CT molecular complexity index is 874. The predicted octanol–water partition coefficient (Wildman–Crippen LogP) is -2.15. The lowest BCUT2D eigenvalue weighted by molar-refractivity contribution is -0.154. The number of amides is 1. The van der Waals surface area contributed by atoms with Crippen LogP contribution in [-0.4, -0.2) is 36.7 Å². The fourth-order valence-electron chi connectivity index (χ4n) is 1.95. The van der Waals surface area contributed by atoms with Gasteiger partial charge in [-0.05, 0) is 6.92 Å². The number of imidazole rings is 1. The number of nitrogens with zero attached hydrogens (tertiary/aromatic N) is 4. The molecule has 118 valence electrons. The van der Waals surface area contributed by atoms with Gasteiger partial charge in [0.1, 0.15) is 6.54 Å². The number of primary amides is 1. The van der Waals surface area contributed by atoms with Gasteiger partial charge in [0.25, 0.3) is 11.5 Å². The molecule has 22 heavy (non-hydrogen) atoms. The van der Waals surface area contributed by atoms with Crippen molar-refractivity contribution in [3.63, 3.8) is 0 Å². The summed E-state index contributed by atoms with van der Waals surface area (Å²) >= 11 is 0. The van der Waals surface area contributed by atoms with E-state index in [0.717, 1.165) is 4.57 Å². The van der Waals surface area contributed by atoms with Crippen LogP contribution in [0.2, 0.25) is 0 Å². The average molecular weight is 309 g/mol. The monoisotopic (exact) mass is 309 g/mol. The summed E-state index contributed by atoms with van der Waals surface area (Å²) in [4.78, 5) is 50.5. The summed E-state index contributed by atoms with van der Waals surface area (Å²) < 4.78 is 8.19. The number of carbonyl (C=O) groups excluding carboxylic acids is 2. The van der Waals surface area contributed by atoms with Crippen molar-refractivity contribution in [2.75, 3.05) is 0 Å². The number of esters is 1. The topological polar surface area (TPSA) is 131 Å². The number of hydrogen-bond acceptors (Lipinski definition) is 6. The van der Waals surface area contributed by atoms with Crippen LogP contribution in [-0.2, 0) is 35.0 Å². The second kappa shape index (κ2) is 5.47. The summed E-state index contributed by atoms with van der Waals surface area (Å²) in [5.41, 5.74) is 4.15. The van der Waals surface area contributed by atoms with Gasteiger partial charge in [0.2, 0.25) is 0 Å². The van der Waals surface area contributed by atoms with Crippen LogP contribution in [0.3, 0.4) is 0 Å². The van der Waals surface area contributed by atoms with Gasteiger partial charge in [0.15, 0.2) is 17.3 Å². The molecule has 0 bridgehead atoms. The summed E-state index contributed by atoms with van der Waals surface area (Å²) in [6.07, 6.45) is 0.177. The number of hydrogen-bond donors (Lipinski definition) is 1. The molecule has 2 aromatic heterocycles. The summed E-state index contributed by atoms with van der Waals surface area (Å²) in [6.45, 7) is 1.01. The first-order valence-corrected chi connectivity index (χ1v) is 6.33. The zero-order valence-corrected chi connectivity index (χ0v) is 12.3. The van der Waals surface area contributed by atoms with Crippen LogP contribution in [0.15, 0.2) is 15.9 Å². The normalized spacial score (nSPS) is 12.3. The molecule has 2 heterocycles. The van der Waals surface area contributed by atoms with Gasteiger partial charge in [-0.15, -0.1) is 0 Å². The zero-order chi connectivity index (χ0) is 16.6. The predicted molar refractivity (Wildman–Crippen MR) is 75.0 cm³/mol. The standard InChI is InChI=1S/C12H15N5O5/c1-6(9(13)19)22-7(18)4-17-5-14-10-8(17)11(20)16(3)12(21)15(10)2/h5-6H,4H2,1-3H3,(H2,13,19)/t6-/m0/s1. The van der Waals surface area contributed by atoms with Crippen molar-refractivity contribution in [2.24, 2.45) is 19.8 Å². The molecule has 0 unspecified atom stereocenters. The summed E-state index contributed by atoms with van der Waals surface area (Å²) in [7, 11) is 2.80. The van der Waals surface area contributed by atoms with Crippen molar-refractivity contribution in [2.45, 2.75) is 19.6 Å². The van der Waals surface area contributed by atoms with Gasteiger partial charge >= 0.3 is 11.7 Å². The first kappa shape index (κ1) is 15.5. The minimum atomic E-state index is -1.07. The third-order valence-electron chi connectivity index (χ3n) is 3.23. The molecule has 1 amide bonds. The van der Waals surface area contributed by atoms with Gasteiger partial charge in [-0.3, -0.25) is 23.5 Å². The zero-order valence-electron chi connectivity index (χ0n) is 12.3. The highest BCUT2D eigenvalue weighted by molar-refractivity contribution is 5.82. The van der Waals surface area contributed by atoms with Crippen LogP contribution >= 0.6 is 0 Å². The molecular weight excluding hydrogens is 294 g/mol. The number of aromatic nitrogens is 4. The second-order valence-electron chi connectivity index (χ2n) is 4.78. The minimum Gasteiger partial charge on any atom is -0.451 e. The lowest BCUT2D eigenvalue weighted by Gasteiger charge is -2.10. The van der Waals surface area contributed by atoms with Crippen molar-refractivity contribution in [1.82, 2.24) is 18.7 Å². The van der Waals surface area contributed by atoms with E-state index in [1.807, 2.05) is 0 Å². The molecule has 2 aromatic rings. The maximum Gasteiger partial charge on any atom is 0.332 e. The van der Waals surface area contributed by atoms with E-state index in [-0.39, 0.29) is 17.7 Å². The van der Waals surface area contributed by atoms with Gasteiger partial charge in [-0.2, -0.15) is 0 Å². The quantitative estimate of drug-likeness (QED) is 0.641. The fraction of sp³-hybridized carbons (Fsp3) is 0.417. The SMILES string of the molecule is C[C@H](OC(=O)Cn1cnc2c1c(=O)n(C)c(=O)n2C)C(N)=O. The van der Waals surface area contributed by atoms with Gasteiger partial charge < -0.3 is 15.0 Å². The highest BCUT2D eigenvalue weighted by atomic mass is 16.5. The van der Waals surface area contributed by atoms with Crippen LogP contribution in [0.25, 0.3) is 11.2 Å². The Kier molecular flexibility index (Phi) is 3.85. The second-order valence-corrected chi connectivity index (χ2v) is 4.78. The van der Waals surface area contributed by atoms with Crippen molar-refractivity contribution in [3.05, 3.63) is 27.2 Å². The molecule has 0 aliphatic carbocycles. The summed E-state index contributed by atoms with van der Waals surface area (Å²) in [6, 6.07) is 0. The van der Waals surface area contributed by atoms with E-state index in [1.54, 1.807) is 0 Å². The molecule has 1 atom stereocenters. The van der Waals surface area contributed by atoms with Gasteiger partial charge in [0, 0.05) is 14.1 Å². The van der Waals surface area contributed by atoms with Crippen LogP contribution in [0.5, 0.6) is 0 Å². The Morgan fingerprint density at radius 2 is 1.95 bits per heavy atom. The molecule has 2 rings (SSSR count). The summed E-state index contributed by atoms with van der Waals surface area (Å²) in [5, 5.41) is 0. The van der Waals surface area contributed by atoms with Gasteiger partial charge in [-0.1, -0.05) is 0 Å². The van der Waals surface area contributed by atoms with E-state index in [0.29, 0.717) is 0 Å².